The van der Waals surface area contributed by atoms with Gasteiger partial charge in [-0.25, -0.2) is 0 Å². The number of aliphatic hydroxyl groups excluding tert-OH is 1. The van der Waals surface area contributed by atoms with Gasteiger partial charge in [0.1, 0.15) is 5.78 Å². The smallest absolute Gasteiger partial charge is 0.305 e. The molecule has 0 radical (unpaired) electrons. The minimum Gasteiger partial charge on any atom is -0.469 e. The fourth-order valence-corrected chi connectivity index (χ4v) is 3.09. The molecule has 140 valence electrons. The van der Waals surface area contributed by atoms with Crippen LogP contribution in [0.25, 0.3) is 0 Å². The van der Waals surface area contributed by atoms with Crippen molar-refractivity contribution < 1.29 is 19.4 Å². The summed E-state index contributed by atoms with van der Waals surface area (Å²) in [5, 5.41) is 9.99. The zero-order valence-corrected chi connectivity index (χ0v) is 15.6. The predicted molar refractivity (Wildman–Crippen MR) is 98.8 cm³/mol. The molecule has 1 aliphatic carbocycles. The second-order valence-electron chi connectivity index (χ2n) is 6.71. The monoisotopic (exact) mass is 348 g/mol. The highest BCUT2D eigenvalue weighted by Crippen LogP contribution is 2.32. The van der Waals surface area contributed by atoms with Gasteiger partial charge < -0.3 is 9.84 Å². The van der Waals surface area contributed by atoms with Crippen molar-refractivity contribution in [2.75, 3.05) is 7.11 Å². The largest absolute Gasteiger partial charge is 0.469 e. The SMILES string of the molecule is CCCCCC(O)C=CC1CCC(=O)C1CC#CCCCC(=O)OC. The van der Waals surface area contributed by atoms with E-state index in [2.05, 4.69) is 23.5 Å². The van der Waals surface area contributed by atoms with Gasteiger partial charge in [-0.2, -0.15) is 0 Å². The number of Topliss-reactive ketones (excluding diaryl/α,β-unsaturated/α-hetero) is 1. The quantitative estimate of drug-likeness (QED) is 0.282. The Hall–Kier alpha value is -1.60. The molecule has 3 unspecified atom stereocenters. The summed E-state index contributed by atoms with van der Waals surface area (Å²) in [6, 6.07) is 0. The molecule has 4 nitrogen and oxygen atoms in total. The molecule has 0 aliphatic heterocycles. The van der Waals surface area contributed by atoms with Crippen molar-refractivity contribution in [3.63, 3.8) is 0 Å². The van der Waals surface area contributed by atoms with Gasteiger partial charge in [-0.3, -0.25) is 9.59 Å². The highest BCUT2D eigenvalue weighted by Gasteiger charge is 2.32. The van der Waals surface area contributed by atoms with Crippen molar-refractivity contribution >= 4 is 11.8 Å². The van der Waals surface area contributed by atoms with Gasteiger partial charge in [-0.15, -0.1) is 11.8 Å². The summed E-state index contributed by atoms with van der Waals surface area (Å²) in [4.78, 5) is 23.1. The number of esters is 1. The average molecular weight is 348 g/mol. The van der Waals surface area contributed by atoms with Crippen LogP contribution >= 0.6 is 0 Å². The fourth-order valence-electron chi connectivity index (χ4n) is 3.09. The zero-order valence-electron chi connectivity index (χ0n) is 15.6. The van der Waals surface area contributed by atoms with Crippen LogP contribution < -0.4 is 0 Å². The second kappa shape index (κ2) is 12.7. The number of unbranched alkanes of at least 4 members (excludes halogenated alkanes) is 3. The van der Waals surface area contributed by atoms with E-state index in [1.54, 1.807) is 0 Å². The Labute approximate surface area is 152 Å². The Bertz CT molecular complexity index is 498. The third kappa shape index (κ3) is 8.88. The Kier molecular flexibility index (Phi) is 10.9. The number of allylic oxidation sites excluding steroid dienone is 1. The van der Waals surface area contributed by atoms with E-state index in [4.69, 9.17) is 0 Å². The molecule has 0 saturated heterocycles. The maximum absolute atomic E-state index is 12.1. The van der Waals surface area contributed by atoms with Gasteiger partial charge in [-0.1, -0.05) is 38.3 Å². The number of methoxy groups -OCH3 is 1. The van der Waals surface area contributed by atoms with E-state index in [9.17, 15) is 14.7 Å². The normalized spacial score (nSPS) is 21.2. The number of carbonyl (C=O) groups is 2. The van der Waals surface area contributed by atoms with Crippen LogP contribution in [0.5, 0.6) is 0 Å². The van der Waals surface area contributed by atoms with Gasteiger partial charge in [-0.05, 0) is 25.2 Å². The lowest BCUT2D eigenvalue weighted by atomic mass is 9.91. The average Bonchev–Trinajstić information content (AvgIpc) is 2.96. The number of ketones is 1. The van der Waals surface area contributed by atoms with Crippen LogP contribution in [0.3, 0.4) is 0 Å². The molecule has 0 aromatic carbocycles. The van der Waals surface area contributed by atoms with Crippen molar-refractivity contribution in [1.82, 2.24) is 0 Å². The van der Waals surface area contributed by atoms with Gasteiger partial charge in [0, 0.05) is 31.6 Å². The fraction of sp³-hybridized carbons (Fsp3) is 0.714. The Balaban J connectivity index is 2.38. The van der Waals surface area contributed by atoms with Crippen LogP contribution in [0.1, 0.15) is 71.1 Å². The lowest BCUT2D eigenvalue weighted by Gasteiger charge is -2.12. The molecule has 0 heterocycles. The zero-order chi connectivity index (χ0) is 18.5. The molecule has 0 aromatic heterocycles. The molecule has 0 spiro atoms. The first kappa shape index (κ1) is 21.4. The third-order valence-corrected chi connectivity index (χ3v) is 4.70. The van der Waals surface area contributed by atoms with Gasteiger partial charge in [0.2, 0.25) is 0 Å². The van der Waals surface area contributed by atoms with Crippen LogP contribution in [-0.2, 0) is 14.3 Å². The Morgan fingerprint density at radius 2 is 2.16 bits per heavy atom. The van der Waals surface area contributed by atoms with Crippen molar-refractivity contribution in [2.24, 2.45) is 11.8 Å². The molecule has 4 heteroatoms. The minimum atomic E-state index is -0.410. The molecule has 1 aliphatic rings. The first-order valence-electron chi connectivity index (χ1n) is 9.50. The predicted octanol–water partition coefficient (Wildman–Crippen LogP) is 3.82. The third-order valence-electron chi connectivity index (χ3n) is 4.70. The number of rotatable bonds is 10. The first-order valence-corrected chi connectivity index (χ1v) is 9.50. The standard InChI is InChI=1S/C21H32O4/c1-3-4-7-10-18(22)15-13-17-14-16-20(23)19(17)11-8-5-6-9-12-21(24)25-2/h13,15,17-19,22H,3-4,6-7,9-12,14,16H2,1-2H3. The van der Waals surface area contributed by atoms with E-state index in [0.29, 0.717) is 32.1 Å². The summed E-state index contributed by atoms with van der Waals surface area (Å²) < 4.78 is 4.58. The van der Waals surface area contributed by atoms with E-state index in [0.717, 1.165) is 32.1 Å². The van der Waals surface area contributed by atoms with Crippen LogP contribution in [0.4, 0.5) is 0 Å². The molecular weight excluding hydrogens is 316 g/mol. The van der Waals surface area contributed by atoms with Crippen molar-refractivity contribution in [1.29, 1.82) is 0 Å². The topological polar surface area (TPSA) is 63.6 Å². The minimum absolute atomic E-state index is 0.0489. The summed E-state index contributed by atoms with van der Waals surface area (Å²) in [7, 11) is 1.38. The first-order chi connectivity index (χ1) is 12.1. The molecule has 0 amide bonds. The molecule has 0 bridgehead atoms. The molecule has 1 fully saturated rings. The van der Waals surface area contributed by atoms with E-state index < -0.39 is 6.10 Å². The lowest BCUT2D eigenvalue weighted by molar-refractivity contribution is -0.140. The molecule has 1 rings (SSSR count). The van der Waals surface area contributed by atoms with E-state index in [1.165, 1.54) is 7.11 Å². The molecular formula is C21H32O4. The van der Waals surface area contributed by atoms with Crippen molar-refractivity contribution in [3.05, 3.63) is 12.2 Å². The van der Waals surface area contributed by atoms with Crippen LogP contribution in [0.15, 0.2) is 12.2 Å². The van der Waals surface area contributed by atoms with Crippen LogP contribution in [-0.4, -0.2) is 30.1 Å². The second-order valence-corrected chi connectivity index (χ2v) is 6.71. The van der Waals surface area contributed by atoms with Gasteiger partial charge in [0.05, 0.1) is 13.2 Å². The summed E-state index contributed by atoms with van der Waals surface area (Å²) in [6.45, 7) is 2.15. The van der Waals surface area contributed by atoms with Gasteiger partial charge in [0.15, 0.2) is 0 Å². The van der Waals surface area contributed by atoms with E-state index in [1.807, 2.05) is 12.2 Å². The summed E-state index contributed by atoms with van der Waals surface area (Å²) in [5.74, 6) is 6.35. The van der Waals surface area contributed by atoms with Crippen LogP contribution in [0, 0.1) is 23.7 Å². The van der Waals surface area contributed by atoms with Crippen LogP contribution in [0.2, 0.25) is 0 Å². The van der Waals surface area contributed by atoms with Crippen molar-refractivity contribution in [2.45, 2.75) is 77.2 Å². The molecule has 3 atom stereocenters. The highest BCUT2D eigenvalue weighted by atomic mass is 16.5. The Morgan fingerprint density at radius 3 is 2.88 bits per heavy atom. The van der Waals surface area contributed by atoms with E-state index in [-0.39, 0.29) is 23.6 Å². The molecule has 0 aromatic rings. The highest BCUT2D eigenvalue weighted by molar-refractivity contribution is 5.84. The number of ether oxygens (including phenoxy) is 1. The molecule has 1 saturated carbocycles. The molecule has 1 N–H and O–H groups in total. The maximum atomic E-state index is 12.1. The molecule has 25 heavy (non-hydrogen) atoms. The van der Waals surface area contributed by atoms with Gasteiger partial charge >= 0.3 is 5.97 Å². The maximum Gasteiger partial charge on any atom is 0.305 e. The number of carbonyl (C=O) groups excluding carboxylic acids is 2. The number of hydrogen-bond donors (Lipinski definition) is 1. The van der Waals surface area contributed by atoms with Gasteiger partial charge in [0.25, 0.3) is 0 Å². The summed E-state index contributed by atoms with van der Waals surface area (Å²) in [6.07, 6.45) is 11.3. The lowest BCUT2D eigenvalue weighted by Crippen LogP contribution is -2.13. The van der Waals surface area contributed by atoms with E-state index >= 15 is 0 Å². The van der Waals surface area contributed by atoms with Crippen molar-refractivity contribution in [3.8, 4) is 11.8 Å². The number of hydrogen-bond acceptors (Lipinski definition) is 4. The summed E-state index contributed by atoms with van der Waals surface area (Å²) >= 11 is 0. The Morgan fingerprint density at radius 1 is 1.36 bits per heavy atom. The number of aliphatic hydroxyl groups is 1. The summed E-state index contributed by atoms with van der Waals surface area (Å²) in [5.41, 5.74) is 0.